The summed E-state index contributed by atoms with van der Waals surface area (Å²) in [5, 5.41) is 4.23. The molecule has 0 heterocycles. The predicted molar refractivity (Wildman–Crippen MR) is 130 cm³/mol. The van der Waals surface area contributed by atoms with Gasteiger partial charge in [-0.15, -0.1) is 0 Å². The van der Waals surface area contributed by atoms with E-state index in [9.17, 15) is 4.79 Å². The summed E-state index contributed by atoms with van der Waals surface area (Å²) in [6.45, 7) is 1.75. The van der Waals surface area contributed by atoms with E-state index < -0.39 is 0 Å². The zero-order valence-corrected chi connectivity index (χ0v) is 17.9. The second-order valence-corrected chi connectivity index (χ2v) is 7.33. The Labute approximate surface area is 188 Å². The quantitative estimate of drug-likeness (QED) is 0.297. The lowest BCUT2D eigenvalue weighted by molar-refractivity contribution is -0.123. The van der Waals surface area contributed by atoms with Crippen LogP contribution in [0.1, 0.15) is 12.5 Å². The van der Waals surface area contributed by atoms with Crippen molar-refractivity contribution in [1.29, 1.82) is 0 Å². The summed E-state index contributed by atoms with van der Waals surface area (Å²) in [6, 6.07) is 35.9. The Balaban J connectivity index is 1.36. The average Bonchev–Trinajstić information content (AvgIpc) is 2.87. The largest absolute Gasteiger partial charge is 0.483 e. The first-order valence-corrected chi connectivity index (χ1v) is 10.5. The Morgan fingerprint density at radius 3 is 1.97 bits per heavy atom. The van der Waals surface area contributed by atoms with E-state index in [0.29, 0.717) is 5.75 Å². The highest BCUT2D eigenvalue weighted by Gasteiger charge is 2.08. The summed E-state index contributed by atoms with van der Waals surface area (Å²) in [5.74, 6) is 0.346. The SMILES string of the molecule is C/C(=N/NC(=O)COc1ccccc1-c1ccccc1)c1ccc(-c2ccccc2)cc1. The fourth-order valence-electron chi connectivity index (χ4n) is 3.37. The van der Waals surface area contributed by atoms with Gasteiger partial charge in [0.25, 0.3) is 5.91 Å². The molecule has 0 aliphatic heterocycles. The maximum Gasteiger partial charge on any atom is 0.277 e. The van der Waals surface area contributed by atoms with Gasteiger partial charge in [-0.25, -0.2) is 5.43 Å². The lowest BCUT2D eigenvalue weighted by Gasteiger charge is -2.11. The smallest absolute Gasteiger partial charge is 0.277 e. The minimum absolute atomic E-state index is 0.117. The van der Waals surface area contributed by atoms with Crippen LogP contribution in [-0.4, -0.2) is 18.2 Å². The summed E-state index contributed by atoms with van der Waals surface area (Å²) in [7, 11) is 0. The fraction of sp³-hybridized carbons (Fsp3) is 0.0714. The van der Waals surface area contributed by atoms with E-state index in [4.69, 9.17) is 4.74 Å². The number of ether oxygens (including phenoxy) is 1. The molecule has 0 aromatic heterocycles. The molecule has 0 aliphatic carbocycles. The molecule has 4 heteroatoms. The number of amides is 1. The Kier molecular flexibility index (Phi) is 6.73. The normalized spacial score (nSPS) is 11.1. The highest BCUT2D eigenvalue weighted by atomic mass is 16.5. The molecule has 1 N–H and O–H groups in total. The van der Waals surface area contributed by atoms with Crippen LogP contribution in [0.25, 0.3) is 22.3 Å². The number of carbonyl (C=O) groups is 1. The molecular formula is C28H24N2O2. The van der Waals surface area contributed by atoms with Crippen molar-refractivity contribution in [3.8, 4) is 28.0 Å². The lowest BCUT2D eigenvalue weighted by Crippen LogP contribution is -2.25. The minimum Gasteiger partial charge on any atom is -0.483 e. The second kappa shape index (κ2) is 10.2. The molecule has 0 unspecified atom stereocenters. The van der Waals surface area contributed by atoms with Crippen LogP contribution in [0, 0.1) is 0 Å². The molecule has 4 nitrogen and oxygen atoms in total. The summed E-state index contributed by atoms with van der Waals surface area (Å²) in [6.07, 6.45) is 0. The predicted octanol–water partition coefficient (Wildman–Crippen LogP) is 5.94. The minimum atomic E-state index is -0.312. The molecule has 0 bridgehead atoms. The van der Waals surface area contributed by atoms with E-state index in [1.165, 1.54) is 0 Å². The van der Waals surface area contributed by atoms with Gasteiger partial charge < -0.3 is 4.74 Å². The Hall–Kier alpha value is -4.18. The number of hydrazone groups is 1. The molecule has 0 atom stereocenters. The van der Waals surface area contributed by atoms with Gasteiger partial charge in [0.05, 0.1) is 5.71 Å². The number of para-hydroxylation sites is 1. The van der Waals surface area contributed by atoms with Gasteiger partial charge in [0.2, 0.25) is 0 Å². The van der Waals surface area contributed by atoms with E-state index in [-0.39, 0.29) is 12.5 Å². The van der Waals surface area contributed by atoms with Crippen LogP contribution in [0.3, 0.4) is 0 Å². The van der Waals surface area contributed by atoms with Gasteiger partial charge in [-0.3, -0.25) is 4.79 Å². The van der Waals surface area contributed by atoms with Gasteiger partial charge in [0.15, 0.2) is 6.61 Å². The Morgan fingerprint density at radius 2 is 1.28 bits per heavy atom. The second-order valence-electron chi connectivity index (χ2n) is 7.33. The van der Waals surface area contributed by atoms with Crippen molar-refractivity contribution < 1.29 is 9.53 Å². The summed E-state index contributed by atoms with van der Waals surface area (Å²) >= 11 is 0. The molecule has 0 fully saturated rings. The van der Waals surface area contributed by atoms with Crippen LogP contribution in [0.2, 0.25) is 0 Å². The molecule has 0 spiro atoms. The van der Waals surface area contributed by atoms with E-state index in [2.05, 4.69) is 34.8 Å². The van der Waals surface area contributed by atoms with Gasteiger partial charge in [-0.2, -0.15) is 5.10 Å². The third kappa shape index (κ3) is 5.29. The molecule has 1 amide bonds. The number of benzene rings is 4. The Bertz CT molecular complexity index is 1200. The number of nitrogens with one attached hydrogen (secondary N) is 1. The van der Waals surface area contributed by atoms with E-state index in [1.54, 1.807) is 0 Å². The Morgan fingerprint density at radius 1 is 0.719 bits per heavy atom. The van der Waals surface area contributed by atoms with Gasteiger partial charge >= 0.3 is 0 Å². The first-order chi connectivity index (χ1) is 15.7. The standard InChI is InChI=1S/C28H24N2O2/c1-21(22-16-18-24(19-17-22)23-10-4-2-5-11-23)29-30-28(31)20-32-27-15-9-8-14-26(27)25-12-6-3-7-13-25/h2-19H,20H2,1H3,(H,30,31)/b29-21-. The van der Waals surface area contributed by atoms with Crippen LogP contribution in [0.15, 0.2) is 114 Å². The molecule has 0 saturated carbocycles. The zero-order valence-electron chi connectivity index (χ0n) is 17.9. The van der Waals surface area contributed by atoms with Crippen molar-refractivity contribution in [3.63, 3.8) is 0 Å². The molecule has 0 aliphatic rings. The van der Waals surface area contributed by atoms with Gasteiger partial charge in [0.1, 0.15) is 5.75 Å². The average molecular weight is 421 g/mol. The number of nitrogens with zero attached hydrogens (tertiary/aromatic N) is 1. The number of hydrogen-bond acceptors (Lipinski definition) is 3. The molecule has 0 radical (unpaired) electrons. The molecular weight excluding hydrogens is 396 g/mol. The van der Waals surface area contributed by atoms with Crippen LogP contribution in [0.4, 0.5) is 0 Å². The van der Waals surface area contributed by atoms with Gasteiger partial charge in [-0.1, -0.05) is 103 Å². The summed E-state index contributed by atoms with van der Waals surface area (Å²) < 4.78 is 5.77. The molecule has 0 saturated heterocycles. The number of rotatable bonds is 7. The maximum absolute atomic E-state index is 12.3. The number of carbonyl (C=O) groups excluding carboxylic acids is 1. The molecule has 4 aromatic carbocycles. The third-order valence-electron chi connectivity index (χ3n) is 5.09. The first-order valence-electron chi connectivity index (χ1n) is 10.5. The molecule has 32 heavy (non-hydrogen) atoms. The van der Waals surface area contributed by atoms with Crippen LogP contribution < -0.4 is 10.2 Å². The van der Waals surface area contributed by atoms with Crippen molar-refractivity contribution in [3.05, 3.63) is 115 Å². The lowest BCUT2D eigenvalue weighted by atomic mass is 10.0. The molecule has 4 rings (SSSR count). The highest BCUT2D eigenvalue weighted by Crippen LogP contribution is 2.29. The zero-order chi connectivity index (χ0) is 22.2. The van der Waals surface area contributed by atoms with E-state index in [1.807, 2.05) is 91.9 Å². The van der Waals surface area contributed by atoms with Crippen molar-refractivity contribution in [2.45, 2.75) is 6.92 Å². The van der Waals surface area contributed by atoms with Gasteiger partial charge in [0, 0.05) is 5.56 Å². The number of hydrogen-bond donors (Lipinski definition) is 1. The molecule has 4 aromatic rings. The van der Waals surface area contributed by atoms with E-state index in [0.717, 1.165) is 33.5 Å². The topological polar surface area (TPSA) is 50.7 Å². The van der Waals surface area contributed by atoms with Crippen molar-refractivity contribution in [1.82, 2.24) is 5.43 Å². The fourth-order valence-corrected chi connectivity index (χ4v) is 3.37. The first kappa shape index (κ1) is 21.1. The monoisotopic (exact) mass is 420 g/mol. The van der Waals surface area contributed by atoms with Gasteiger partial charge in [-0.05, 0) is 35.2 Å². The van der Waals surface area contributed by atoms with E-state index >= 15 is 0 Å². The van der Waals surface area contributed by atoms with Crippen molar-refractivity contribution in [2.75, 3.05) is 6.61 Å². The maximum atomic E-state index is 12.3. The van der Waals surface area contributed by atoms with Crippen molar-refractivity contribution >= 4 is 11.6 Å². The highest BCUT2D eigenvalue weighted by molar-refractivity contribution is 5.99. The van der Waals surface area contributed by atoms with Crippen molar-refractivity contribution in [2.24, 2.45) is 5.10 Å². The summed E-state index contributed by atoms with van der Waals surface area (Å²) in [5.41, 5.74) is 8.53. The van der Waals surface area contributed by atoms with Crippen LogP contribution in [0.5, 0.6) is 5.75 Å². The summed E-state index contributed by atoms with van der Waals surface area (Å²) in [4.78, 5) is 12.3. The van der Waals surface area contributed by atoms with Crippen LogP contribution >= 0.6 is 0 Å². The molecule has 158 valence electrons. The van der Waals surface area contributed by atoms with Crippen LogP contribution in [-0.2, 0) is 4.79 Å². The third-order valence-corrected chi connectivity index (χ3v) is 5.09.